The molecule has 0 aliphatic carbocycles. The van der Waals surface area contributed by atoms with Crippen molar-refractivity contribution in [1.82, 2.24) is 9.97 Å². The molecule has 2 rings (SSSR count). The first kappa shape index (κ1) is 13.5. The lowest BCUT2D eigenvalue weighted by Crippen LogP contribution is -2.44. The number of hydrogen-bond acceptors (Lipinski definition) is 7. The summed E-state index contributed by atoms with van der Waals surface area (Å²) in [7, 11) is 2.93. The number of carbonyl (C=O) groups excluding carboxylic acids is 1. The quantitative estimate of drug-likeness (QED) is 0.724. The molecule has 1 saturated heterocycles. The minimum atomic E-state index is -0.279. The van der Waals surface area contributed by atoms with E-state index in [-0.39, 0.29) is 18.5 Å². The molecule has 1 aromatic heterocycles. The summed E-state index contributed by atoms with van der Waals surface area (Å²) < 4.78 is 15.2. The molecule has 1 aromatic rings. The van der Waals surface area contributed by atoms with Crippen LogP contribution in [0.25, 0.3) is 0 Å². The Morgan fingerprint density at radius 3 is 3.16 bits per heavy atom. The summed E-state index contributed by atoms with van der Waals surface area (Å²) >= 11 is 0. The molecule has 0 amide bonds. The average molecular weight is 267 g/mol. The van der Waals surface area contributed by atoms with Gasteiger partial charge in [0.25, 0.3) is 0 Å². The van der Waals surface area contributed by atoms with E-state index >= 15 is 0 Å². The van der Waals surface area contributed by atoms with E-state index in [9.17, 15) is 4.79 Å². The van der Waals surface area contributed by atoms with E-state index in [0.717, 1.165) is 0 Å². The Morgan fingerprint density at radius 2 is 2.42 bits per heavy atom. The normalized spacial score (nSPS) is 19.1. The summed E-state index contributed by atoms with van der Waals surface area (Å²) in [5.74, 6) is 0.817. The van der Waals surface area contributed by atoms with E-state index in [1.54, 1.807) is 19.4 Å². The van der Waals surface area contributed by atoms with Gasteiger partial charge in [0.05, 0.1) is 33.4 Å². The number of rotatable bonds is 4. The second-order valence-electron chi connectivity index (χ2n) is 4.12. The number of ether oxygens (including phenoxy) is 3. The molecule has 0 saturated carbocycles. The predicted molar refractivity (Wildman–Crippen MR) is 67.2 cm³/mol. The number of methoxy groups -OCH3 is 2. The Morgan fingerprint density at radius 1 is 1.58 bits per heavy atom. The van der Waals surface area contributed by atoms with Gasteiger partial charge >= 0.3 is 5.97 Å². The second-order valence-corrected chi connectivity index (χ2v) is 4.12. The first-order valence-corrected chi connectivity index (χ1v) is 6.03. The molecule has 0 radical (unpaired) electrons. The van der Waals surface area contributed by atoms with E-state index in [2.05, 4.69) is 14.7 Å². The molecule has 104 valence electrons. The molecular weight excluding hydrogens is 250 g/mol. The Kier molecular flexibility index (Phi) is 4.51. The summed E-state index contributed by atoms with van der Waals surface area (Å²) in [6.45, 7) is 1.77. The molecule has 0 bridgehead atoms. The lowest BCUT2D eigenvalue weighted by molar-refractivity contribution is -0.144. The van der Waals surface area contributed by atoms with Crippen molar-refractivity contribution >= 4 is 11.9 Å². The maximum Gasteiger partial charge on any atom is 0.308 e. The second kappa shape index (κ2) is 6.33. The molecular formula is C12H17N3O4. The van der Waals surface area contributed by atoms with Crippen LogP contribution in [0.15, 0.2) is 12.3 Å². The van der Waals surface area contributed by atoms with Gasteiger partial charge in [-0.15, -0.1) is 0 Å². The van der Waals surface area contributed by atoms with Crippen molar-refractivity contribution in [1.29, 1.82) is 0 Å². The van der Waals surface area contributed by atoms with Gasteiger partial charge in [-0.05, 0) is 0 Å². The highest BCUT2D eigenvalue weighted by atomic mass is 16.5. The van der Waals surface area contributed by atoms with Crippen LogP contribution in [-0.4, -0.2) is 56.0 Å². The van der Waals surface area contributed by atoms with Gasteiger partial charge < -0.3 is 19.1 Å². The SMILES string of the molecule is COC(=O)CC1CN(c2nccc(OC)n2)CCO1. The molecule has 7 heteroatoms. The third kappa shape index (κ3) is 3.54. The zero-order chi connectivity index (χ0) is 13.7. The molecule has 0 aromatic carbocycles. The van der Waals surface area contributed by atoms with Crippen molar-refractivity contribution in [2.24, 2.45) is 0 Å². The molecule has 19 heavy (non-hydrogen) atoms. The number of anilines is 1. The van der Waals surface area contributed by atoms with Crippen molar-refractivity contribution in [3.05, 3.63) is 12.3 Å². The molecule has 1 aliphatic heterocycles. The van der Waals surface area contributed by atoms with Crippen molar-refractivity contribution in [2.75, 3.05) is 38.8 Å². The van der Waals surface area contributed by atoms with Gasteiger partial charge in [0, 0.05) is 25.4 Å². The smallest absolute Gasteiger partial charge is 0.308 e. The Balaban J connectivity index is 2.01. The fourth-order valence-electron chi connectivity index (χ4n) is 1.89. The van der Waals surface area contributed by atoms with Crippen molar-refractivity contribution < 1.29 is 19.0 Å². The minimum Gasteiger partial charge on any atom is -0.481 e. The maximum absolute atomic E-state index is 11.3. The van der Waals surface area contributed by atoms with Gasteiger partial charge in [-0.1, -0.05) is 0 Å². The van der Waals surface area contributed by atoms with Crippen molar-refractivity contribution in [2.45, 2.75) is 12.5 Å². The number of nitrogens with zero attached hydrogens (tertiary/aromatic N) is 3. The Bertz CT molecular complexity index is 441. The Hall–Kier alpha value is -1.89. The van der Waals surface area contributed by atoms with Gasteiger partial charge in [-0.2, -0.15) is 4.98 Å². The summed E-state index contributed by atoms with van der Waals surface area (Å²) in [5.41, 5.74) is 0. The van der Waals surface area contributed by atoms with Crippen molar-refractivity contribution in [3.8, 4) is 5.88 Å². The number of aromatic nitrogens is 2. The van der Waals surface area contributed by atoms with Crippen LogP contribution in [0.2, 0.25) is 0 Å². The molecule has 0 spiro atoms. The maximum atomic E-state index is 11.3. The van der Waals surface area contributed by atoms with E-state index in [1.807, 2.05) is 4.90 Å². The highest BCUT2D eigenvalue weighted by Gasteiger charge is 2.24. The largest absolute Gasteiger partial charge is 0.481 e. The van der Waals surface area contributed by atoms with Gasteiger partial charge in [0.1, 0.15) is 0 Å². The van der Waals surface area contributed by atoms with Crippen LogP contribution in [-0.2, 0) is 14.3 Å². The van der Waals surface area contributed by atoms with Crippen LogP contribution in [0.4, 0.5) is 5.95 Å². The van der Waals surface area contributed by atoms with Crippen molar-refractivity contribution in [3.63, 3.8) is 0 Å². The lowest BCUT2D eigenvalue weighted by atomic mass is 10.2. The summed E-state index contributed by atoms with van der Waals surface area (Å²) in [5, 5.41) is 0. The van der Waals surface area contributed by atoms with E-state index in [0.29, 0.717) is 31.5 Å². The number of morpholine rings is 1. The van der Waals surface area contributed by atoms with Crippen LogP contribution in [0.1, 0.15) is 6.42 Å². The number of hydrogen-bond donors (Lipinski definition) is 0. The third-order valence-corrected chi connectivity index (χ3v) is 2.87. The summed E-state index contributed by atoms with van der Waals surface area (Å²) in [6, 6.07) is 1.69. The van der Waals surface area contributed by atoms with E-state index in [1.165, 1.54) is 7.11 Å². The van der Waals surface area contributed by atoms with Gasteiger partial charge in [-0.3, -0.25) is 4.79 Å². The zero-order valence-corrected chi connectivity index (χ0v) is 11.0. The van der Waals surface area contributed by atoms with Crippen LogP contribution < -0.4 is 9.64 Å². The minimum absolute atomic E-state index is 0.198. The average Bonchev–Trinajstić information content (AvgIpc) is 2.47. The molecule has 1 atom stereocenters. The van der Waals surface area contributed by atoms with Gasteiger partial charge in [0.15, 0.2) is 0 Å². The summed E-state index contributed by atoms with van der Waals surface area (Å²) in [4.78, 5) is 21.7. The molecule has 2 heterocycles. The fraction of sp³-hybridized carbons (Fsp3) is 0.583. The number of esters is 1. The fourth-order valence-corrected chi connectivity index (χ4v) is 1.89. The van der Waals surface area contributed by atoms with E-state index < -0.39 is 0 Å². The van der Waals surface area contributed by atoms with Crippen LogP contribution in [0.3, 0.4) is 0 Å². The van der Waals surface area contributed by atoms with Crippen LogP contribution in [0.5, 0.6) is 5.88 Å². The van der Waals surface area contributed by atoms with Crippen LogP contribution >= 0.6 is 0 Å². The molecule has 1 unspecified atom stereocenters. The predicted octanol–water partition coefficient (Wildman–Crippen LogP) is 0.253. The topological polar surface area (TPSA) is 73.8 Å². The molecule has 1 fully saturated rings. The molecule has 7 nitrogen and oxygen atoms in total. The highest BCUT2D eigenvalue weighted by molar-refractivity contribution is 5.69. The Labute approximate surface area is 111 Å². The van der Waals surface area contributed by atoms with E-state index in [4.69, 9.17) is 9.47 Å². The van der Waals surface area contributed by atoms with Gasteiger partial charge in [0.2, 0.25) is 11.8 Å². The molecule has 1 aliphatic rings. The first-order valence-electron chi connectivity index (χ1n) is 6.03. The molecule has 0 N–H and O–H groups in total. The number of carbonyl (C=O) groups is 1. The first-order chi connectivity index (χ1) is 9.22. The lowest BCUT2D eigenvalue weighted by Gasteiger charge is -2.32. The zero-order valence-electron chi connectivity index (χ0n) is 11.0. The van der Waals surface area contributed by atoms with Crippen LogP contribution in [0, 0.1) is 0 Å². The third-order valence-electron chi connectivity index (χ3n) is 2.87. The summed E-state index contributed by atoms with van der Waals surface area (Å²) in [6.07, 6.45) is 1.68. The van der Waals surface area contributed by atoms with Gasteiger partial charge in [-0.25, -0.2) is 4.98 Å². The standard InChI is InChI=1S/C12H17N3O4/c1-17-10-3-4-13-12(14-10)15-5-6-19-9(8-15)7-11(16)18-2/h3-4,9H,5-8H2,1-2H3. The highest BCUT2D eigenvalue weighted by Crippen LogP contribution is 2.17. The monoisotopic (exact) mass is 267 g/mol.